The first-order valence-electron chi connectivity index (χ1n) is 11.7. The van der Waals surface area contributed by atoms with E-state index in [4.69, 9.17) is 9.47 Å². The number of carbonyl (C=O) groups excluding carboxylic acids is 2. The Hall–Kier alpha value is -3.85. The average Bonchev–Trinajstić information content (AvgIpc) is 3.50. The molecule has 0 N–H and O–H groups in total. The van der Waals surface area contributed by atoms with Crippen LogP contribution in [-0.2, 0) is 13.1 Å². The number of piperazine rings is 1. The summed E-state index contributed by atoms with van der Waals surface area (Å²) in [5, 5.41) is 4.16. The number of nitrogens with zero attached hydrogens (tertiary/aromatic N) is 5. The molecule has 0 bridgehead atoms. The maximum atomic E-state index is 13.3. The molecule has 0 unspecified atom stereocenters. The lowest BCUT2D eigenvalue weighted by atomic mass is 10.1. The first-order chi connectivity index (χ1) is 17.1. The predicted octanol–water partition coefficient (Wildman–Crippen LogP) is 2.52. The fourth-order valence-electron chi connectivity index (χ4n) is 4.80. The second-order valence-corrected chi connectivity index (χ2v) is 8.68. The molecule has 3 aromatic rings. The van der Waals surface area contributed by atoms with Gasteiger partial charge < -0.3 is 14.4 Å². The van der Waals surface area contributed by atoms with Crippen LogP contribution in [0.1, 0.15) is 26.3 Å². The molecule has 2 aliphatic heterocycles. The number of carbonyl (C=O) groups is 2. The summed E-state index contributed by atoms with van der Waals surface area (Å²) in [5.74, 6) is 0.993. The van der Waals surface area contributed by atoms with E-state index in [0.717, 1.165) is 55.5 Å². The molecule has 0 atom stereocenters. The third kappa shape index (κ3) is 4.46. The van der Waals surface area contributed by atoms with Crippen molar-refractivity contribution in [2.45, 2.75) is 13.1 Å². The van der Waals surface area contributed by atoms with Gasteiger partial charge in [0.2, 0.25) is 0 Å². The summed E-state index contributed by atoms with van der Waals surface area (Å²) in [5.41, 5.74) is 3.01. The lowest BCUT2D eigenvalue weighted by Gasteiger charge is -2.36. The second-order valence-electron chi connectivity index (χ2n) is 8.68. The minimum absolute atomic E-state index is 0.222. The van der Waals surface area contributed by atoms with Gasteiger partial charge in [0.15, 0.2) is 11.5 Å². The summed E-state index contributed by atoms with van der Waals surface area (Å²) >= 11 is 0. The van der Waals surface area contributed by atoms with Crippen LogP contribution in [0.15, 0.2) is 54.9 Å². The first kappa shape index (κ1) is 22.9. The van der Waals surface area contributed by atoms with Gasteiger partial charge in [-0.25, -0.2) is 0 Å². The topological polar surface area (TPSA) is 80.1 Å². The van der Waals surface area contributed by atoms with E-state index in [-0.39, 0.29) is 11.8 Å². The maximum absolute atomic E-state index is 13.3. The predicted molar refractivity (Wildman–Crippen MR) is 131 cm³/mol. The van der Waals surface area contributed by atoms with Gasteiger partial charge in [0, 0.05) is 51.7 Å². The molecule has 3 heterocycles. The van der Waals surface area contributed by atoms with Gasteiger partial charge in [-0.15, -0.1) is 0 Å². The highest BCUT2D eigenvalue weighted by molar-refractivity contribution is 6.23. The number of amides is 2. The molecule has 2 amide bonds. The molecule has 9 heteroatoms. The van der Waals surface area contributed by atoms with Crippen molar-refractivity contribution in [2.24, 2.45) is 0 Å². The number of hydrogen-bond donors (Lipinski definition) is 0. The lowest BCUT2D eigenvalue weighted by molar-refractivity contribution is 0.0647. The second kappa shape index (κ2) is 9.79. The number of rotatable bonds is 8. The average molecular weight is 476 g/mol. The molecule has 2 aromatic carbocycles. The van der Waals surface area contributed by atoms with E-state index in [2.05, 4.69) is 21.0 Å². The van der Waals surface area contributed by atoms with E-state index in [9.17, 15) is 9.59 Å². The van der Waals surface area contributed by atoms with Gasteiger partial charge >= 0.3 is 0 Å². The molecule has 9 nitrogen and oxygen atoms in total. The zero-order valence-electron chi connectivity index (χ0n) is 20.0. The van der Waals surface area contributed by atoms with Crippen LogP contribution < -0.4 is 14.4 Å². The molecular weight excluding hydrogens is 446 g/mol. The van der Waals surface area contributed by atoms with Gasteiger partial charge in [0.05, 0.1) is 37.6 Å². The zero-order chi connectivity index (χ0) is 24.4. The van der Waals surface area contributed by atoms with Crippen LogP contribution in [0.4, 0.5) is 5.69 Å². The third-order valence-electron chi connectivity index (χ3n) is 6.66. The summed E-state index contributed by atoms with van der Waals surface area (Å²) < 4.78 is 12.5. The SMILES string of the molecule is COc1ccc(CN2CCN(c3cccc4c3C(=O)N(CCn3cccn3)C4=O)CC2)cc1OC. The summed E-state index contributed by atoms with van der Waals surface area (Å²) in [6.45, 7) is 4.83. The monoisotopic (exact) mass is 475 g/mol. The minimum Gasteiger partial charge on any atom is -0.493 e. The van der Waals surface area contributed by atoms with Crippen molar-refractivity contribution in [1.29, 1.82) is 0 Å². The summed E-state index contributed by atoms with van der Waals surface area (Å²) in [7, 11) is 3.28. The van der Waals surface area contributed by atoms with Crippen molar-refractivity contribution in [3.63, 3.8) is 0 Å². The number of hydrogen-bond acceptors (Lipinski definition) is 7. The molecule has 0 spiro atoms. The van der Waals surface area contributed by atoms with Crippen molar-refractivity contribution in [3.05, 3.63) is 71.5 Å². The van der Waals surface area contributed by atoms with Crippen LogP contribution in [0.2, 0.25) is 0 Å². The van der Waals surface area contributed by atoms with E-state index in [1.165, 1.54) is 4.90 Å². The Morgan fingerprint density at radius 2 is 1.69 bits per heavy atom. The molecule has 0 radical (unpaired) electrons. The van der Waals surface area contributed by atoms with Crippen LogP contribution in [0, 0.1) is 0 Å². The summed E-state index contributed by atoms with van der Waals surface area (Å²) in [6.07, 6.45) is 3.51. The lowest BCUT2D eigenvalue weighted by Crippen LogP contribution is -2.46. The molecule has 1 fully saturated rings. The normalized spacial score (nSPS) is 16.1. The van der Waals surface area contributed by atoms with Crippen molar-refractivity contribution in [2.75, 3.05) is 51.8 Å². The van der Waals surface area contributed by atoms with E-state index < -0.39 is 0 Å². The highest BCUT2D eigenvalue weighted by atomic mass is 16.5. The molecule has 5 rings (SSSR count). The fraction of sp³-hybridized carbons (Fsp3) is 0.346. The van der Waals surface area contributed by atoms with Crippen LogP contribution >= 0.6 is 0 Å². The molecule has 0 saturated carbocycles. The van der Waals surface area contributed by atoms with Crippen molar-refractivity contribution in [1.82, 2.24) is 19.6 Å². The van der Waals surface area contributed by atoms with Gasteiger partial charge in [0.25, 0.3) is 11.8 Å². The van der Waals surface area contributed by atoms with Gasteiger partial charge in [-0.1, -0.05) is 12.1 Å². The maximum Gasteiger partial charge on any atom is 0.263 e. The smallest absolute Gasteiger partial charge is 0.263 e. The Kier molecular flexibility index (Phi) is 6.41. The summed E-state index contributed by atoms with van der Waals surface area (Å²) in [4.78, 5) is 32.2. The zero-order valence-corrected chi connectivity index (χ0v) is 20.0. The molecule has 1 saturated heterocycles. The number of fused-ring (bicyclic) bond motifs is 1. The number of imide groups is 1. The van der Waals surface area contributed by atoms with Crippen LogP contribution in [0.5, 0.6) is 11.5 Å². The van der Waals surface area contributed by atoms with E-state index in [1.807, 2.05) is 36.5 Å². The number of anilines is 1. The third-order valence-corrected chi connectivity index (χ3v) is 6.66. The molecule has 35 heavy (non-hydrogen) atoms. The van der Waals surface area contributed by atoms with Gasteiger partial charge in [-0.2, -0.15) is 5.10 Å². The van der Waals surface area contributed by atoms with Crippen molar-refractivity contribution >= 4 is 17.5 Å². The number of aromatic nitrogens is 2. The Balaban J connectivity index is 1.25. The molecule has 0 aliphatic carbocycles. The highest BCUT2D eigenvalue weighted by Gasteiger charge is 2.38. The molecule has 182 valence electrons. The number of benzene rings is 2. The van der Waals surface area contributed by atoms with Crippen molar-refractivity contribution in [3.8, 4) is 11.5 Å². The fourth-order valence-corrected chi connectivity index (χ4v) is 4.80. The van der Waals surface area contributed by atoms with Gasteiger partial charge in [0.1, 0.15) is 0 Å². The molecule has 2 aliphatic rings. The van der Waals surface area contributed by atoms with Crippen molar-refractivity contribution < 1.29 is 19.1 Å². The number of methoxy groups -OCH3 is 2. The van der Waals surface area contributed by atoms with Crippen LogP contribution in [0.3, 0.4) is 0 Å². The summed E-state index contributed by atoms with van der Waals surface area (Å²) in [6, 6.07) is 13.4. The Labute approximate surface area is 204 Å². The number of ether oxygens (including phenoxy) is 2. The standard InChI is InChI=1S/C26H29N5O4/c1-34-22-8-7-19(17-23(22)35-2)18-28-11-13-29(14-12-28)21-6-3-5-20-24(21)26(33)31(25(20)32)16-15-30-10-4-9-27-30/h3-10,17H,11-16,18H2,1-2H3. The van der Waals surface area contributed by atoms with Gasteiger partial charge in [-0.3, -0.25) is 24.1 Å². The quantitative estimate of drug-likeness (QED) is 0.463. The Bertz CT molecular complexity index is 1220. The van der Waals surface area contributed by atoms with E-state index >= 15 is 0 Å². The van der Waals surface area contributed by atoms with E-state index in [1.54, 1.807) is 31.2 Å². The first-order valence-corrected chi connectivity index (χ1v) is 11.7. The minimum atomic E-state index is -0.230. The molecule has 1 aromatic heterocycles. The van der Waals surface area contributed by atoms with E-state index in [0.29, 0.717) is 24.2 Å². The molecular formula is C26H29N5O4. The van der Waals surface area contributed by atoms with Crippen LogP contribution in [-0.4, -0.2) is 78.3 Å². The highest BCUT2D eigenvalue weighted by Crippen LogP contribution is 2.33. The Morgan fingerprint density at radius 3 is 2.40 bits per heavy atom. The Morgan fingerprint density at radius 1 is 0.886 bits per heavy atom. The van der Waals surface area contributed by atoms with Gasteiger partial charge in [-0.05, 0) is 35.9 Å². The largest absolute Gasteiger partial charge is 0.493 e. The van der Waals surface area contributed by atoms with Crippen LogP contribution in [0.25, 0.3) is 0 Å².